The predicted molar refractivity (Wildman–Crippen MR) is 126 cm³/mol. The van der Waals surface area contributed by atoms with Crippen LogP contribution < -0.4 is 19.1 Å². The summed E-state index contributed by atoms with van der Waals surface area (Å²) in [6, 6.07) is 17.7. The first-order valence-electron chi connectivity index (χ1n) is 10.7. The molecule has 1 unspecified atom stereocenters. The van der Waals surface area contributed by atoms with Crippen molar-refractivity contribution in [3.8, 4) is 17.2 Å². The minimum Gasteiger partial charge on any atom is -0.507 e. The van der Waals surface area contributed by atoms with E-state index in [-0.39, 0.29) is 18.1 Å². The third kappa shape index (κ3) is 3.74. The smallest absolute Gasteiger partial charge is 0.300 e. The van der Waals surface area contributed by atoms with E-state index in [2.05, 4.69) is 0 Å². The average molecular weight is 478 g/mol. The van der Waals surface area contributed by atoms with Gasteiger partial charge in [0.25, 0.3) is 11.7 Å². The van der Waals surface area contributed by atoms with E-state index in [4.69, 9.17) is 25.8 Å². The number of hydrogen-bond donors (Lipinski definition) is 1. The molecule has 1 amide bonds. The maximum atomic E-state index is 13.3. The van der Waals surface area contributed by atoms with Crippen LogP contribution in [0.5, 0.6) is 17.2 Å². The minimum absolute atomic E-state index is 0.0348. The second-order valence-electron chi connectivity index (χ2n) is 7.72. The van der Waals surface area contributed by atoms with E-state index in [0.29, 0.717) is 45.7 Å². The van der Waals surface area contributed by atoms with Gasteiger partial charge in [-0.3, -0.25) is 14.5 Å². The number of hydrogen-bond acceptors (Lipinski definition) is 6. The number of carbonyl (C=O) groups excluding carboxylic acids is 2. The normalized spacial score (nSPS) is 18.4. The lowest BCUT2D eigenvalue weighted by Gasteiger charge is -2.26. The lowest BCUT2D eigenvalue weighted by Crippen LogP contribution is -2.29. The lowest BCUT2D eigenvalue weighted by molar-refractivity contribution is -0.132. The molecule has 2 aliphatic rings. The van der Waals surface area contributed by atoms with E-state index in [1.807, 2.05) is 6.92 Å². The monoisotopic (exact) mass is 477 g/mol. The summed E-state index contributed by atoms with van der Waals surface area (Å²) < 4.78 is 16.4. The number of ether oxygens (including phenoxy) is 3. The fraction of sp³-hybridized carbons (Fsp3) is 0.154. The molecular weight excluding hydrogens is 458 g/mol. The highest BCUT2D eigenvalue weighted by Crippen LogP contribution is 2.44. The Morgan fingerprint density at radius 3 is 2.59 bits per heavy atom. The number of amides is 1. The summed E-state index contributed by atoms with van der Waals surface area (Å²) in [6.45, 7) is 2.40. The fourth-order valence-electron chi connectivity index (χ4n) is 4.16. The van der Waals surface area contributed by atoms with E-state index >= 15 is 0 Å². The van der Waals surface area contributed by atoms with Crippen LogP contribution >= 0.6 is 11.6 Å². The van der Waals surface area contributed by atoms with Gasteiger partial charge in [-0.25, -0.2) is 0 Å². The molecule has 0 radical (unpaired) electrons. The highest BCUT2D eigenvalue weighted by atomic mass is 35.5. The number of Topliss-reactive ketones (excluding diaryl/α,β-unsaturated/α-hetero) is 1. The van der Waals surface area contributed by atoms with Crippen molar-refractivity contribution >= 4 is 34.7 Å². The van der Waals surface area contributed by atoms with Gasteiger partial charge in [0, 0.05) is 16.3 Å². The van der Waals surface area contributed by atoms with Crippen LogP contribution in [-0.2, 0) is 9.59 Å². The molecule has 0 bridgehead atoms. The number of carbonyl (C=O) groups is 2. The van der Waals surface area contributed by atoms with E-state index in [1.54, 1.807) is 66.7 Å². The lowest BCUT2D eigenvalue weighted by atomic mass is 9.95. The van der Waals surface area contributed by atoms with Crippen LogP contribution in [0, 0.1) is 0 Å². The first kappa shape index (κ1) is 21.9. The number of anilines is 1. The molecule has 1 fully saturated rings. The van der Waals surface area contributed by atoms with Crippen molar-refractivity contribution < 1.29 is 28.9 Å². The number of ketones is 1. The third-order valence-electron chi connectivity index (χ3n) is 5.68. The summed E-state index contributed by atoms with van der Waals surface area (Å²) in [5.41, 5.74) is 1.39. The molecule has 7 nitrogen and oxygen atoms in total. The standard InChI is InChI=1S/C26H20ClNO6/c1-2-32-19-5-3-4-15(12-19)23-22(24(29)16-6-11-20-21(13-16)34-14-33-20)25(30)26(31)28(23)18-9-7-17(27)8-10-18/h3-13,23,29H,2,14H2,1H3/b24-22-. The maximum Gasteiger partial charge on any atom is 0.300 e. The topological polar surface area (TPSA) is 85.3 Å². The van der Waals surface area contributed by atoms with E-state index in [0.717, 1.165) is 0 Å². The van der Waals surface area contributed by atoms with Crippen LogP contribution in [0.2, 0.25) is 5.02 Å². The zero-order valence-corrected chi connectivity index (χ0v) is 18.9. The third-order valence-corrected chi connectivity index (χ3v) is 5.93. The van der Waals surface area contributed by atoms with Crippen molar-refractivity contribution in [2.24, 2.45) is 0 Å². The summed E-state index contributed by atoms with van der Waals surface area (Å²) >= 11 is 6.04. The van der Waals surface area contributed by atoms with Gasteiger partial charge in [-0.15, -0.1) is 0 Å². The molecule has 8 heteroatoms. The Morgan fingerprint density at radius 1 is 1.06 bits per heavy atom. The summed E-state index contributed by atoms with van der Waals surface area (Å²) in [7, 11) is 0. The van der Waals surface area contributed by atoms with Gasteiger partial charge < -0.3 is 19.3 Å². The molecule has 0 spiro atoms. The van der Waals surface area contributed by atoms with Gasteiger partial charge in [0.1, 0.15) is 11.5 Å². The number of aliphatic hydroxyl groups excluding tert-OH is 1. The van der Waals surface area contributed by atoms with Gasteiger partial charge in [0.15, 0.2) is 11.5 Å². The Hall–Kier alpha value is -3.97. The summed E-state index contributed by atoms with van der Waals surface area (Å²) in [6.07, 6.45) is 0. The van der Waals surface area contributed by atoms with Gasteiger partial charge in [-0.2, -0.15) is 0 Å². The zero-order chi connectivity index (χ0) is 23.8. The Balaban J connectivity index is 1.69. The van der Waals surface area contributed by atoms with Crippen molar-refractivity contribution in [3.63, 3.8) is 0 Å². The molecule has 172 valence electrons. The number of aliphatic hydroxyl groups is 1. The highest BCUT2D eigenvalue weighted by molar-refractivity contribution is 6.51. The van der Waals surface area contributed by atoms with Crippen molar-refractivity contribution in [2.45, 2.75) is 13.0 Å². The van der Waals surface area contributed by atoms with Crippen LogP contribution in [0.4, 0.5) is 5.69 Å². The van der Waals surface area contributed by atoms with Crippen molar-refractivity contribution in [1.82, 2.24) is 0 Å². The van der Waals surface area contributed by atoms with Gasteiger partial charge in [-0.05, 0) is 67.1 Å². The molecule has 2 aliphatic heterocycles. The molecule has 3 aromatic carbocycles. The highest BCUT2D eigenvalue weighted by Gasteiger charge is 2.47. The number of halogens is 1. The average Bonchev–Trinajstić information content (AvgIpc) is 3.42. The Labute approximate surface area is 200 Å². The van der Waals surface area contributed by atoms with Crippen molar-refractivity contribution in [2.75, 3.05) is 18.3 Å². The Kier molecular flexibility index (Phi) is 5.63. The van der Waals surface area contributed by atoms with Crippen molar-refractivity contribution in [3.05, 3.63) is 88.5 Å². The molecule has 2 heterocycles. The maximum absolute atomic E-state index is 13.3. The summed E-state index contributed by atoms with van der Waals surface area (Å²) in [5, 5.41) is 11.8. The molecular formula is C26H20ClNO6. The Morgan fingerprint density at radius 2 is 1.82 bits per heavy atom. The molecule has 1 saturated heterocycles. The number of fused-ring (bicyclic) bond motifs is 1. The zero-order valence-electron chi connectivity index (χ0n) is 18.2. The summed E-state index contributed by atoms with van der Waals surface area (Å²) in [5.74, 6) is -0.275. The molecule has 3 aromatic rings. The van der Waals surface area contributed by atoms with Gasteiger partial charge in [0.2, 0.25) is 6.79 Å². The van der Waals surface area contributed by atoms with E-state index in [1.165, 1.54) is 4.90 Å². The van der Waals surface area contributed by atoms with Gasteiger partial charge in [0.05, 0.1) is 18.2 Å². The largest absolute Gasteiger partial charge is 0.507 e. The molecule has 0 aromatic heterocycles. The predicted octanol–water partition coefficient (Wildman–Crippen LogP) is 5.09. The number of nitrogens with zero attached hydrogens (tertiary/aromatic N) is 1. The van der Waals surface area contributed by atoms with Crippen LogP contribution in [0.15, 0.2) is 72.3 Å². The first-order valence-corrected chi connectivity index (χ1v) is 11.0. The SMILES string of the molecule is CCOc1cccc(C2/C(=C(/O)c3ccc4c(c3)OCO4)C(=O)C(=O)N2c2ccc(Cl)cc2)c1. The van der Waals surface area contributed by atoms with Crippen LogP contribution in [0.1, 0.15) is 24.1 Å². The first-order chi connectivity index (χ1) is 16.5. The minimum atomic E-state index is -0.882. The van der Waals surface area contributed by atoms with E-state index < -0.39 is 17.7 Å². The molecule has 5 rings (SSSR count). The van der Waals surface area contributed by atoms with E-state index in [9.17, 15) is 14.7 Å². The van der Waals surface area contributed by atoms with Gasteiger partial charge >= 0.3 is 0 Å². The Bertz CT molecular complexity index is 1320. The summed E-state index contributed by atoms with van der Waals surface area (Å²) in [4.78, 5) is 27.9. The van der Waals surface area contributed by atoms with Crippen molar-refractivity contribution in [1.29, 1.82) is 0 Å². The van der Waals surface area contributed by atoms with Crippen LogP contribution in [-0.4, -0.2) is 30.2 Å². The number of rotatable bonds is 5. The fourth-order valence-corrected chi connectivity index (χ4v) is 4.28. The second kappa shape index (κ2) is 8.76. The molecule has 34 heavy (non-hydrogen) atoms. The quantitative estimate of drug-likeness (QED) is 0.313. The molecule has 1 N–H and O–H groups in total. The van der Waals surface area contributed by atoms with Crippen LogP contribution in [0.3, 0.4) is 0 Å². The molecule has 0 saturated carbocycles. The van der Waals surface area contributed by atoms with Crippen LogP contribution in [0.25, 0.3) is 5.76 Å². The second-order valence-corrected chi connectivity index (χ2v) is 8.16. The molecule has 1 atom stereocenters. The number of benzene rings is 3. The van der Waals surface area contributed by atoms with Gasteiger partial charge in [-0.1, -0.05) is 23.7 Å². The molecule has 0 aliphatic carbocycles.